The van der Waals surface area contributed by atoms with Crippen molar-refractivity contribution in [1.82, 2.24) is 0 Å². The second-order valence-corrected chi connectivity index (χ2v) is 5.43. The van der Waals surface area contributed by atoms with Crippen molar-refractivity contribution in [1.29, 1.82) is 0 Å². The topological polar surface area (TPSA) is 35.5 Å². The molecule has 3 nitrogen and oxygen atoms in total. The van der Waals surface area contributed by atoms with Crippen molar-refractivity contribution < 1.29 is 14.3 Å². The van der Waals surface area contributed by atoms with E-state index in [4.69, 9.17) is 9.47 Å². The molecule has 22 heavy (non-hydrogen) atoms. The number of carbonyl (C=O) groups is 1. The number of ether oxygens (including phenoxy) is 2. The third-order valence-electron chi connectivity index (χ3n) is 3.57. The highest BCUT2D eigenvalue weighted by Gasteiger charge is 2.08. The predicted octanol–water partition coefficient (Wildman–Crippen LogP) is 5.01. The molecular formula is C19H24O3. The molecule has 0 radical (unpaired) electrons. The molecule has 0 saturated heterocycles. The quantitative estimate of drug-likeness (QED) is 0.482. The van der Waals surface area contributed by atoms with Crippen molar-refractivity contribution >= 4 is 17.1 Å². The maximum atomic E-state index is 10.9. The first-order valence-electron chi connectivity index (χ1n) is 8.07. The van der Waals surface area contributed by atoms with E-state index in [0.717, 1.165) is 54.2 Å². The number of hydrogen-bond acceptors (Lipinski definition) is 3. The molecule has 0 bridgehead atoms. The Morgan fingerprint density at radius 3 is 2.00 bits per heavy atom. The summed E-state index contributed by atoms with van der Waals surface area (Å²) >= 11 is 0. The molecule has 2 aromatic rings. The molecule has 0 N–H and O–H groups in total. The van der Waals surface area contributed by atoms with Crippen LogP contribution >= 0.6 is 0 Å². The first-order valence-corrected chi connectivity index (χ1v) is 8.07. The highest BCUT2D eigenvalue weighted by Crippen LogP contribution is 2.33. The summed E-state index contributed by atoms with van der Waals surface area (Å²) in [5.74, 6) is 1.55. The molecule has 0 spiro atoms. The zero-order valence-electron chi connectivity index (χ0n) is 13.4. The first-order chi connectivity index (χ1) is 10.8. The largest absolute Gasteiger partial charge is 0.490 e. The van der Waals surface area contributed by atoms with E-state index in [1.165, 1.54) is 0 Å². The molecule has 0 aliphatic heterocycles. The summed E-state index contributed by atoms with van der Waals surface area (Å²) in [5, 5.41) is 2.05. The summed E-state index contributed by atoms with van der Waals surface area (Å²) < 4.78 is 11.8. The van der Waals surface area contributed by atoms with Crippen LogP contribution in [0, 0.1) is 0 Å². The van der Waals surface area contributed by atoms with Gasteiger partial charge in [-0.2, -0.15) is 0 Å². The molecule has 0 saturated carbocycles. The number of hydrogen-bond donors (Lipinski definition) is 0. The summed E-state index contributed by atoms with van der Waals surface area (Å²) in [6.45, 7) is 5.65. The maximum absolute atomic E-state index is 10.9. The van der Waals surface area contributed by atoms with E-state index in [1.54, 1.807) is 0 Å². The molecule has 0 fully saturated rings. The number of fused-ring (bicyclic) bond motifs is 1. The molecule has 2 aromatic carbocycles. The van der Waals surface area contributed by atoms with Gasteiger partial charge in [-0.3, -0.25) is 4.79 Å². The molecule has 2 rings (SSSR count). The molecule has 0 aromatic heterocycles. The Morgan fingerprint density at radius 1 is 0.864 bits per heavy atom. The summed E-state index contributed by atoms with van der Waals surface area (Å²) in [6.07, 6.45) is 5.09. The fourth-order valence-electron chi connectivity index (χ4n) is 2.23. The van der Waals surface area contributed by atoms with E-state index in [2.05, 4.69) is 13.8 Å². The van der Waals surface area contributed by atoms with Crippen molar-refractivity contribution in [3.8, 4) is 11.5 Å². The Hall–Kier alpha value is -2.03. The van der Waals surface area contributed by atoms with Crippen LogP contribution in [0.3, 0.4) is 0 Å². The number of rotatable bonds is 9. The molecule has 0 aliphatic rings. The predicted molar refractivity (Wildman–Crippen MR) is 90.1 cm³/mol. The van der Waals surface area contributed by atoms with Crippen LogP contribution in [-0.2, 0) is 0 Å². The lowest BCUT2D eigenvalue weighted by Crippen LogP contribution is -2.02. The van der Waals surface area contributed by atoms with Gasteiger partial charge in [0.25, 0.3) is 0 Å². The Morgan fingerprint density at radius 2 is 1.45 bits per heavy atom. The van der Waals surface area contributed by atoms with Crippen LogP contribution in [0.1, 0.15) is 49.9 Å². The van der Waals surface area contributed by atoms with Crippen LogP contribution in [0.15, 0.2) is 30.3 Å². The van der Waals surface area contributed by atoms with Crippen LogP contribution in [0.2, 0.25) is 0 Å². The van der Waals surface area contributed by atoms with Gasteiger partial charge < -0.3 is 9.47 Å². The SMILES string of the molecule is CCCCOc1cc2ccc(C=O)cc2cc1OCCCC. The molecule has 0 amide bonds. The van der Waals surface area contributed by atoms with Gasteiger partial charge in [-0.05, 0) is 41.8 Å². The van der Waals surface area contributed by atoms with Crippen molar-refractivity contribution in [2.24, 2.45) is 0 Å². The lowest BCUT2D eigenvalue weighted by Gasteiger charge is -2.14. The highest BCUT2D eigenvalue weighted by molar-refractivity contribution is 5.91. The summed E-state index contributed by atoms with van der Waals surface area (Å²) in [5.41, 5.74) is 0.673. The minimum atomic E-state index is 0.673. The average molecular weight is 300 g/mol. The Bertz CT molecular complexity index is 619. The monoisotopic (exact) mass is 300 g/mol. The van der Waals surface area contributed by atoms with E-state index in [1.807, 2.05) is 30.3 Å². The van der Waals surface area contributed by atoms with Gasteiger partial charge in [-0.25, -0.2) is 0 Å². The van der Waals surface area contributed by atoms with Crippen molar-refractivity contribution in [2.75, 3.05) is 13.2 Å². The van der Waals surface area contributed by atoms with E-state index < -0.39 is 0 Å². The van der Waals surface area contributed by atoms with Gasteiger partial charge in [0.2, 0.25) is 0 Å². The molecule has 118 valence electrons. The normalized spacial score (nSPS) is 10.6. The lowest BCUT2D eigenvalue weighted by molar-refractivity contribution is 0.112. The van der Waals surface area contributed by atoms with Gasteiger partial charge in [-0.1, -0.05) is 38.8 Å². The summed E-state index contributed by atoms with van der Waals surface area (Å²) in [4.78, 5) is 10.9. The van der Waals surface area contributed by atoms with E-state index in [9.17, 15) is 4.79 Å². The van der Waals surface area contributed by atoms with Gasteiger partial charge in [-0.15, -0.1) is 0 Å². The zero-order valence-corrected chi connectivity index (χ0v) is 13.4. The Labute approximate surface area is 132 Å². The second kappa shape index (κ2) is 8.42. The van der Waals surface area contributed by atoms with E-state index in [-0.39, 0.29) is 0 Å². The van der Waals surface area contributed by atoms with Crippen molar-refractivity contribution in [2.45, 2.75) is 39.5 Å². The van der Waals surface area contributed by atoms with Crippen LogP contribution in [-0.4, -0.2) is 19.5 Å². The fraction of sp³-hybridized carbons (Fsp3) is 0.421. The Kier molecular flexibility index (Phi) is 6.26. The van der Waals surface area contributed by atoms with Gasteiger partial charge in [0, 0.05) is 5.56 Å². The summed E-state index contributed by atoms with van der Waals surface area (Å²) in [7, 11) is 0. The van der Waals surface area contributed by atoms with Gasteiger partial charge >= 0.3 is 0 Å². The molecule has 0 heterocycles. The lowest BCUT2D eigenvalue weighted by atomic mass is 10.1. The summed E-state index contributed by atoms with van der Waals surface area (Å²) in [6, 6.07) is 9.62. The average Bonchev–Trinajstić information content (AvgIpc) is 2.55. The number of carbonyl (C=O) groups excluding carboxylic acids is 1. The molecule has 0 aliphatic carbocycles. The van der Waals surface area contributed by atoms with Crippen molar-refractivity contribution in [3.05, 3.63) is 35.9 Å². The molecule has 3 heteroatoms. The minimum Gasteiger partial charge on any atom is -0.490 e. The third kappa shape index (κ3) is 4.23. The van der Waals surface area contributed by atoms with Crippen LogP contribution in [0.4, 0.5) is 0 Å². The van der Waals surface area contributed by atoms with Gasteiger partial charge in [0.1, 0.15) is 6.29 Å². The number of benzene rings is 2. The Balaban J connectivity index is 2.30. The first kappa shape index (κ1) is 16.3. The molecule has 0 unspecified atom stereocenters. The molecular weight excluding hydrogens is 276 g/mol. The van der Waals surface area contributed by atoms with Gasteiger partial charge in [0.15, 0.2) is 11.5 Å². The highest BCUT2D eigenvalue weighted by atomic mass is 16.5. The zero-order chi connectivity index (χ0) is 15.8. The number of unbranched alkanes of at least 4 members (excludes halogenated alkanes) is 2. The van der Waals surface area contributed by atoms with Crippen LogP contribution in [0.5, 0.6) is 11.5 Å². The maximum Gasteiger partial charge on any atom is 0.161 e. The van der Waals surface area contributed by atoms with Crippen molar-refractivity contribution in [3.63, 3.8) is 0 Å². The van der Waals surface area contributed by atoms with Crippen LogP contribution < -0.4 is 9.47 Å². The van der Waals surface area contributed by atoms with E-state index >= 15 is 0 Å². The third-order valence-corrected chi connectivity index (χ3v) is 3.57. The fourth-order valence-corrected chi connectivity index (χ4v) is 2.23. The number of aldehydes is 1. The van der Waals surface area contributed by atoms with Gasteiger partial charge in [0.05, 0.1) is 13.2 Å². The second-order valence-electron chi connectivity index (χ2n) is 5.43. The molecule has 0 atom stereocenters. The van der Waals surface area contributed by atoms with Crippen LogP contribution in [0.25, 0.3) is 10.8 Å². The standard InChI is InChI=1S/C19H24O3/c1-3-5-9-21-18-12-16-8-7-15(14-20)11-17(16)13-19(18)22-10-6-4-2/h7-8,11-14H,3-6,9-10H2,1-2H3. The smallest absolute Gasteiger partial charge is 0.161 e. The minimum absolute atomic E-state index is 0.673. The van der Waals surface area contributed by atoms with E-state index in [0.29, 0.717) is 18.8 Å².